The SMILES string of the molecule is O=Nc1c(O)ccc2c(S(=O)(=O)O)cc(S(=O)(=O)O)cc12. The average Bonchev–Trinajstić information content (AvgIpc) is 2.35. The number of phenolic OH excluding ortho intramolecular Hbond substituents is 1. The van der Waals surface area contributed by atoms with Gasteiger partial charge in [0.15, 0.2) is 5.69 Å². The Kier molecular flexibility index (Phi) is 3.45. The van der Waals surface area contributed by atoms with Crippen LogP contribution in [0.25, 0.3) is 10.8 Å². The third-order valence-electron chi connectivity index (χ3n) is 2.69. The molecule has 0 unspecified atom stereocenters. The highest BCUT2D eigenvalue weighted by Crippen LogP contribution is 2.38. The van der Waals surface area contributed by atoms with Gasteiger partial charge < -0.3 is 5.11 Å². The zero-order valence-electron chi connectivity index (χ0n) is 9.96. The van der Waals surface area contributed by atoms with Crippen molar-refractivity contribution in [3.8, 4) is 5.75 Å². The Hall–Kier alpha value is -2.08. The van der Waals surface area contributed by atoms with Gasteiger partial charge >= 0.3 is 0 Å². The van der Waals surface area contributed by atoms with Gasteiger partial charge in [-0.15, -0.1) is 4.91 Å². The summed E-state index contributed by atoms with van der Waals surface area (Å²) in [6.45, 7) is 0. The molecule has 0 atom stereocenters. The van der Waals surface area contributed by atoms with Crippen LogP contribution in [0.15, 0.2) is 39.2 Å². The summed E-state index contributed by atoms with van der Waals surface area (Å²) >= 11 is 0. The molecule has 0 heterocycles. The Morgan fingerprint density at radius 3 is 2.00 bits per heavy atom. The van der Waals surface area contributed by atoms with Gasteiger partial charge in [0.25, 0.3) is 20.2 Å². The number of nitrogens with zero attached hydrogens (tertiary/aromatic N) is 1. The van der Waals surface area contributed by atoms with Gasteiger partial charge in [0.1, 0.15) is 10.6 Å². The van der Waals surface area contributed by atoms with E-state index in [1.54, 1.807) is 0 Å². The van der Waals surface area contributed by atoms with E-state index < -0.39 is 41.5 Å². The lowest BCUT2D eigenvalue weighted by molar-refractivity contribution is 0.476. The molecular weight excluding hydrogens is 326 g/mol. The molecule has 2 aromatic rings. The minimum absolute atomic E-state index is 0.239. The second-order valence-corrected chi connectivity index (χ2v) is 6.80. The highest BCUT2D eigenvalue weighted by molar-refractivity contribution is 7.86. The predicted molar refractivity (Wildman–Crippen MR) is 70.7 cm³/mol. The van der Waals surface area contributed by atoms with Crippen molar-refractivity contribution in [2.45, 2.75) is 9.79 Å². The van der Waals surface area contributed by atoms with Crippen LogP contribution in [0.1, 0.15) is 0 Å². The van der Waals surface area contributed by atoms with Crippen molar-refractivity contribution in [2.75, 3.05) is 0 Å². The van der Waals surface area contributed by atoms with Gasteiger partial charge in [-0.2, -0.15) is 16.8 Å². The molecule has 0 aliphatic rings. The molecule has 112 valence electrons. The van der Waals surface area contributed by atoms with E-state index in [0.717, 1.165) is 18.2 Å². The number of rotatable bonds is 3. The molecule has 0 spiro atoms. The Balaban J connectivity index is 3.14. The van der Waals surface area contributed by atoms with Crippen LogP contribution in [0.5, 0.6) is 5.75 Å². The zero-order valence-corrected chi connectivity index (χ0v) is 11.6. The molecule has 0 bridgehead atoms. The van der Waals surface area contributed by atoms with E-state index in [4.69, 9.17) is 9.11 Å². The third-order valence-corrected chi connectivity index (χ3v) is 4.41. The molecular formula is C10H7NO8S2. The molecule has 0 saturated heterocycles. The number of phenols is 1. The Morgan fingerprint density at radius 2 is 1.52 bits per heavy atom. The fourth-order valence-corrected chi connectivity index (χ4v) is 3.15. The summed E-state index contributed by atoms with van der Waals surface area (Å²) in [5.74, 6) is -0.619. The first-order valence-corrected chi connectivity index (χ1v) is 8.02. The van der Waals surface area contributed by atoms with Crippen molar-refractivity contribution in [3.63, 3.8) is 0 Å². The van der Waals surface area contributed by atoms with Crippen molar-refractivity contribution in [2.24, 2.45) is 5.18 Å². The van der Waals surface area contributed by atoms with Crippen LogP contribution in [0.2, 0.25) is 0 Å². The molecule has 11 heteroatoms. The standard InChI is InChI=1S/C10H7NO8S2/c12-8-2-1-6-7(10(8)11-13)3-5(20(14,15)16)4-9(6)21(17,18)19/h1-4,12H,(H,14,15,16)(H,17,18,19). The fourth-order valence-electron chi connectivity index (χ4n) is 1.81. The van der Waals surface area contributed by atoms with E-state index >= 15 is 0 Å². The van der Waals surface area contributed by atoms with Crippen LogP contribution in [-0.4, -0.2) is 31.0 Å². The largest absolute Gasteiger partial charge is 0.506 e. The summed E-state index contributed by atoms with van der Waals surface area (Å²) in [6, 6.07) is 3.30. The second-order valence-electron chi connectivity index (χ2n) is 3.99. The van der Waals surface area contributed by atoms with Gasteiger partial charge in [-0.3, -0.25) is 9.11 Å². The molecule has 0 aliphatic carbocycles. The molecule has 2 aromatic carbocycles. The lowest BCUT2D eigenvalue weighted by Crippen LogP contribution is -2.04. The van der Waals surface area contributed by atoms with Crippen LogP contribution in [0.4, 0.5) is 5.69 Å². The maximum absolute atomic E-state index is 11.3. The van der Waals surface area contributed by atoms with E-state index in [0.29, 0.717) is 6.07 Å². The maximum Gasteiger partial charge on any atom is 0.295 e. The van der Waals surface area contributed by atoms with E-state index in [1.807, 2.05) is 0 Å². The van der Waals surface area contributed by atoms with Gasteiger partial charge in [-0.1, -0.05) is 0 Å². The molecule has 0 aliphatic heterocycles. The molecule has 0 saturated carbocycles. The Bertz CT molecular complexity index is 962. The number of nitroso groups, excluding NO2 is 1. The molecule has 2 rings (SSSR count). The smallest absolute Gasteiger partial charge is 0.295 e. The van der Waals surface area contributed by atoms with Crippen molar-refractivity contribution < 1.29 is 31.0 Å². The Labute approximate surface area is 118 Å². The molecule has 21 heavy (non-hydrogen) atoms. The molecule has 3 N–H and O–H groups in total. The maximum atomic E-state index is 11.3. The molecule has 0 aromatic heterocycles. The summed E-state index contributed by atoms with van der Waals surface area (Å²) in [5, 5.41) is 11.4. The molecule has 9 nitrogen and oxygen atoms in total. The van der Waals surface area contributed by atoms with Crippen LogP contribution in [0.3, 0.4) is 0 Å². The number of fused-ring (bicyclic) bond motifs is 1. The number of benzene rings is 2. The molecule has 0 fully saturated rings. The molecule has 0 amide bonds. The van der Waals surface area contributed by atoms with Crippen LogP contribution >= 0.6 is 0 Å². The van der Waals surface area contributed by atoms with Crippen molar-refractivity contribution in [1.29, 1.82) is 0 Å². The van der Waals surface area contributed by atoms with Gasteiger partial charge in [0.2, 0.25) is 0 Å². The van der Waals surface area contributed by atoms with Crippen LogP contribution in [0, 0.1) is 4.91 Å². The summed E-state index contributed by atoms with van der Waals surface area (Å²) in [6.07, 6.45) is 0. The number of hydrogen-bond acceptors (Lipinski definition) is 7. The van der Waals surface area contributed by atoms with Crippen LogP contribution in [-0.2, 0) is 20.2 Å². The highest BCUT2D eigenvalue weighted by atomic mass is 32.2. The number of aromatic hydroxyl groups is 1. The van der Waals surface area contributed by atoms with E-state index in [9.17, 15) is 26.8 Å². The summed E-state index contributed by atoms with van der Waals surface area (Å²) in [7, 11) is -9.67. The minimum Gasteiger partial charge on any atom is -0.506 e. The van der Waals surface area contributed by atoms with Crippen molar-refractivity contribution in [3.05, 3.63) is 29.2 Å². The summed E-state index contributed by atoms with van der Waals surface area (Å²) < 4.78 is 63.1. The van der Waals surface area contributed by atoms with Crippen LogP contribution < -0.4 is 0 Å². The third kappa shape index (κ3) is 2.71. The van der Waals surface area contributed by atoms with E-state index in [1.165, 1.54) is 0 Å². The normalized spacial score (nSPS) is 12.5. The van der Waals surface area contributed by atoms with Crippen molar-refractivity contribution >= 4 is 36.7 Å². The molecule has 0 radical (unpaired) electrons. The van der Waals surface area contributed by atoms with Gasteiger partial charge in [0.05, 0.1) is 4.90 Å². The second kappa shape index (κ2) is 4.73. The Morgan fingerprint density at radius 1 is 0.905 bits per heavy atom. The first-order chi connectivity index (χ1) is 9.55. The lowest BCUT2D eigenvalue weighted by Gasteiger charge is -2.08. The quantitative estimate of drug-likeness (QED) is 0.562. The summed E-state index contributed by atoms with van der Waals surface area (Å²) in [5.41, 5.74) is -0.622. The lowest BCUT2D eigenvalue weighted by atomic mass is 10.1. The monoisotopic (exact) mass is 333 g/mol. The average molecular weight is 333 g/mol. The first-order valence-electron chi connectivity index (χ1n) is 5.14. The van der Waals surface area contributed by atoms with Gasteiger partial charge in [-0.25, -0.2) is 0 Å². The van der Waals surface area contributed by atoms with Crippen molar-refractivity contribution in [1.82, 2.24) is 0 Å². The van der Waals surface area contributed by atoms with Gasteiger partial charge in [-0.05, 0) is 29.4 Å². The van der Waals surface area contributed by atoms with E-state index in [2.05, 4.69) is 5.18 Å². The number of hydrogen-bond donors (Lipinski definition) is 3. The summed E-state index contributed by atoms with van der Waals surface area (Å²) in [4.78, 5) is 9.00. The fraction of sp³-hybridized carbons (Fsp3) is 0. The zero-order chi connectivity index (χ0) is 16.0. The van der Waals surface area contributed by atoms with E-state index in [-0.39, 0.29) is 10.8 Å². The highest BCUT2D eigenvalue weighted by Gasteiger charge is 2.22. The topological polar surface area (TPSA) is 158 Å². The minimum atomic E-state index is -4.85. The van der Waals surface area contributed by atoms with Gasteiger partial charge in [0, 0.05) is 10.8 Å². The predicted octanol–water partition coefficient (Wildman–Crippen LogP) is 1.44. The first kappa shape index (κ1) is 15.3.